The maximum atomic E-state index is 12.0. The van der Waals surface area contributed by atoms with Crippen molar-refractivity contribution < 1.29 is 9.59 Å². The minimum absolute atomic E-state index is 0.0511. The van der Waals surface area contributed by atoms with E-state index in [9.17, 15) is 9.59 Å². The highest BCUT2D eigenvalue weighted by Gasteiger charge is 2.25. The third-order valence-electron chi connectivity index (χ3n) is 4.12. The Balaban J connectivity index is 1.62. The molecule has 7 nitrogen and oxygen atoms in total. The first-order valence-corrected chi connectivity index (χ1v) is 7.93. The molecular weight excluding hydrogens is 282 g/mol. The summed E-state index contributed by atoms with van der Waals surface area (Å²) >= 11 is 0. The average Bonchev–Trinajstić information content (AvgIpc) is 3.30. The summed E-state index contributed by atoms with van der Waals surface area (Å²) in [5, 5.41) is 11.5. The lowest BCUT2D eigenvalue weighted by Crippen LogP contribution is -2.51. The van der Waals surface area contributed by atoms with Gasteiger partial charge in [-0.3, -0.25) is 19.4 Å². The average molecular weight is 307 g/mol. The second-order valence-electron chi connectivity index (χ2n) is 6.12. The number of carbonyl (C=O) groups excluding carboxylic acids is 2. The Morgan fingerprint density at radius 1 is 1.18 bits per heavy atom. The van der Waals surface area contributed by atoms with Crippen LogP contribution in [0.4, 0.5) is 0 Å². The predicted octanol–water partition coefficient (Wildman–Crippen LogP) is -0.745. The van der Waals surface area contributed by atoms with E-state index in [1.54, 1.807) is 11.9 Å². The molecule has 0 aromatic rings. The largest absolute Gasteiger partial charge is 0.352 e. The van der Waals surface area contributed by atoms with Crippen molar-refractivity contribution in [2.45, 2.75) is 25.3 Å². The molecule has 2 amide bonds. The SMILES string of the molecule is CN(CCC#N)C(=O)CN1CCN(CC(=O)NC2CC2)CC1. The minimum atomic E-state index is 0.0511. The fourth-order valence-electron chi connectivity index (χ4n) is 2.46. The summed E-state index contributed by atoms with van der Waals surface area (Å²) in [5.41, 5.74) is 0. The van der Waals surface area contributed by atoms with Crippen molar-refractivity contribution in [1.29, 1.82) is 5.26 Å². The van der Waals surface area contributed by atoms with Crippen molar-refractivity contribution in [2.75, 3.05) is 52.9 Å². The van der Waals surface area contributed by atoms with Gasteiger partial charge in [-0.15, -0.1) is 0 Å². The van der Waals surface area contributed by atoms with E-state index in [-0.39, 0.29) is 11.8 Å². The summed E-state index contributed by atoms with van der Waals surface area (Å²) in [4.78, 5) is 29.6. The number of nitrogens with one attached hydrogen (secondary N) is 1. The number of hydrogen-bond donors (Lipinski definition) is 1. The van der Waals surface area contributed by atoms with Gasteiger partial charge in [-0.2, -0.15) is 5.26 Å². The van der Waals surface area contributed by atoms with Crippen molar-refractivity contribution in [3.8, 4) is 6.07 Å². The van der Waals surface area contributed by atoms with E-state index in [4.69, 9.17) is 5.26 Å². The lowest BCUT2D eigenvalue weighted by atomic mass is 10.3. The van der Waals surface area contributed by atoms with Crippen LogP contribution in [0.3, 0.4) is 0 Å². The standard InChI is InChI=1S/C15H25N5O2/c1-18(6-2-5-16)15(22)12-20-9-7-19(8-10-20)11-14(21)17-13-3-4-13/h13H,2-4,6-12H2,1H3,(H,17,21). The zero-order valence-corrected chi connectivity index (χ0v) is 13.3. The number of hydrogen-bond acceptors (Lipinski definition) is 5. The van der Waals surface area contributed by atoms with E-state index in [1.165, 1.54) is 0 Å². The van der Waals surface area contributed by atoms with Gasteiger partial charge in [0.25, 0.3) is 0 Å². The van der Waals surface area contributed by atoms with Gasteiger partial charge in [0, 0.05) is 45.8 Å². The Bertz CT molecular complexity index is 436. The Morgan fingerprint density at radius 2 is 1.77 bits per heavy atom. The summed E-state index contributed by atoms with van der Waals surface area (Å²) in [6, 6.07) is 2.46. The van der Waals surface area contributed by atoms with Crippen molar-refractivity contribution in [3.05, 3.63) is 0 Å². The van der Waals surface area contributed by atoms with Crippen LogP contribution in [0.15, 0.2) is 0 Å². The van der Waals surface area contributed by atoms with Crippen LogP contribution in [0.1, 0.15) is 19.3 Å². The van der Waals surface area contributed by atoms with Gasteiger partial charge in [-0.25, -0.2) is 0 Å². The first kappa shape index (κ1) is 16.7. The van der Waals surface area contributed by atoms with Crippen LogP contribution < -0.4 is 5.32 Å². The van der Waals surface area contributed by atoms with Gasteiger partial charge < -0.3 is 10.2 Å². The highest BCUT2D eigenvalue weighted by Crippen LogP contribution is 2.18. The number of rotatable bonds is 7. The molecule has 0 atom stereocenters. The molecule has 122 valence electrons. The quantitative estimate of drug-likeness (QED) is 0.670. The number of nitrogens with zero attached hydrogens (tertiary/aromatic N) is 4. The van der Waals surface area contributed by atoms with E-state index in [0.717, 1.165) is 39.0 Å². The van der Waals surface area contributed by atoms with E-state index in [0.29, 0.717) is 32.1 Å². The van der Waals surface area contributed by atoms with Crippen molar-refractivity contribution >= 4 is 11.8 Å². The molecule has 1 saturated carbocycles. The Kier molecular flexibility index (Phi) is 6.16. The second kappa shape index (κ2) is 8.11. The highest BCUT2D eigenvalue weighted by molar-refractivity contribution is 5.79. The maximum Gasteiger partial charge on any atom is 0.236 e. The van der Waals surface area contributed by atoms with E-state index < -0.39 is 0 Å². The molecule has 2 rings (SSSR count). The van der Waals surface area contributed by atoms with Crippen LogP contribution in [0, 0.1) is 11.3 Å². The molecule has 1 aliphatic heterocycles. The second-order valence-corrected chi connectivity index (χ2v) is 6.12. The van der Waals surface area contributed by atoms with Crippen LogP contribution in [-0.2, 0) is 9.59 Å². The third-order valence-corrected chi connectivity index (χ3v) is 4.12. The van der Waals surface area contributed by atoms with Crippen molar-refractivity contribution in [2.24, 2.45) is 0 Å². The molecule has 2 fully saturated rings. The highest BCUT2D eigenvalue weighted by atomic mass is 16.2. The summed E-state index contributed by atoms with van der Waals surface area (Å²) in [6.07, 6.45) is 2.59. The van der Waals surface area contributed by atoms with Gasteiger partial charge in [0.2, 0.25) is 11.8 Å². The molecule has 0 radical (unpaired) electrons. The molecule has 7 heteroatoms. The number of carbonyl (C=O) groups is 2. The molecule has 0 bridgehead atoms. The number of nitriles is 1. The fraction of sp³-hybridized carbons (Fsp3) is 0.800. The van der Waals surface area contributed by atoms with Crippen LogP contribution in [0.5, 0.6) is 0 Å². The van der Waals surface area contributed by atoms with Crippen molar-refractivity contribution in [1.82, 2.24) is 20.0 Å². The summed E-state index contributed by atoms with van der Waals surface area (Å²) in [6.45, 7) is 4.56. The van der Waals surface area contributed by atoms with Gasteiger partial charge >= 0.3 is 0 Å². The monoisotopic (exact) mass is 307 g/mol. The van der Waals surface area contributed by atoms with Crippen LogP contribution >= 0.6 is 0 Å². The van der Waals surface area contributed by atoms with Gasteiger partial charge in [0.15, 0.2) is 0 Å². The van der Waals surface area contributed by atoms with Crippen molar-refractivity contribution in [3.63, 3.8) is 0 Å². The van der Waals surface area contributed by atoms with E-state index >= 15 is 0 Å². The van der Waals surface area contributed by atoms with E-state index in [2.05, 4.69) is 15.1 Å². The number of likely N-dealkylation sites (N-methyl/N-ethyl adjacent to an activating group) is 1. The van der Waals surface area contributed by atoms with Crippen LogP contribution in [0.25, 0.3) is 0 Å². The van der Waals surface area contributed by atoms with Gasteiger partial charge in [-0.05, 0) is 12.8 Å². The van der Waals surface area contributed by atoms with Crippen LogP contribution in [-0.4, -0.2) is 85.4 Å². The summed E-state index contributed by atoms with van der Waals surface area (Å²) < 4.78 is 0. The minimum Gasteiger partial charge on any atom is -0.352 e. The third kappa shape index (κ3) is 5.62. The molecule has 1 saturated heterocycles. The molecular formula is C15H25N5O2. The molecule has 0 spiro atoms. The normalized spacial score (nSPS) is 19.5. The molecule has 1 N–H and O–H groups in total. The molecule has 22 heavy (non-hydrogen) atoms. The number of piperazine rings is 1. The summed E-state index contributed by atoms with van der Waals surface area (Å²) in [7, 11) is 1.73. The Labute approximate surface area is 131 Å². The lowest BCUT2D eigenvalue weighted by molar-refractivity contribution is -0.132. The number of amides is 2. The smallest absolute Gasteiger partial charge is 0.236 e. The Morgan fingerprint density at radius 3 is 2.32 bits per heavy atom. The summed E-state index contributed by atoms with van der Waals surface area (Å²) in [5.74, 6) is 0.165. The first-order chi connectivity index (χ1) is 10.6. The zero-order chi connectivity index (χ0) is 15.9. The maximum absolute atomic E-state index is 12.0. The lowest BCUT2D eigenvalue weighted by Gasteiger charge is -2.34. The van der Waals surface area contributed by atoms with Gasteiger partial charge in [-0.1, -0.05) is 0 Å². The Hall–Kier alpha value is -1.65. The van der Waals surface area contributed by atoms with Gasteiger partial charge in [0.05, 0.1) is 25.6 Å². The molecule has 0 aromatic heterocycles. The molecule has 1 heterocycles. The topological polar surface area (TPSA) is 79.7 Å². The van der Waals surface area contributed by atoms with Crippen LogP contribution in [0.2, 0.25) is 0 Å². The van der Waals surface area contributed by atoms with Gasteiger partial charge in [0.1, 0.15) is 0 Å². The zero-order valence-electron chi connectivity index (χ0n) is 13.3. The molecule has 0 aromatic carbocycles. The predicted molar refractivity (Wildman–Crippen MR) is 81.9 cm³/mol. The first-order valence-electron chi connectivity index (χ1n) is 7.93. The fourth-order valence-corrected chi connectivity index (χ4v) is 2.46. The molecule has 1 aliphatic carbocycles. The molecule has 0 unspecified atom stereocenters. The van der Waals surface area contributed by atoms with E-state index in [1.807, 2.05) is 6.07 Å². The molecule has 2 aliphatic rings.